The monoisotopic (exact) mass is 187 g/mol. The minimum atomic E-state index is 0.717. The van der Waals surface area contributed by atoms with Crippen molar-refractivity contribution < 1.29 is 0 Å². The third kappa shape index (κ3) is 5.72. The number of hydrogen-bond donors (Lipinski definition) is 0. The molecule has 0 radical (unpaired) electrons. The lowest BCUT2D eigenvalue weighted by Crippen LogP contribution is -1.60. The molecular weight excluding hydrogens is 181 g/mol. The number of hydrogen-bond acceptors (Lipinski definition) is 1. The van der Waals surface area contributed by atoms with Crippen molar-refractivity contribution in [3.05, 3.63) is 34.3 Å². The Labute approximate surface area is 76.2 Å². The van der Waals surface area contributed by atoms with Crippen LogP contribution in [0, 0.1) is 11.3 Å². The van der Waals surface area contributed by atoms with Crippen LogP contribution in [-0.4, -0.2) is 0 Å². The van der Waals surface area contributed by atoms with Gasteiger partial charge in [-0.2, -0.15) is 5.26 Å². The largest absolute Gasteiger partial charge is 0.199 e. The first-order valence-corrected chi connectivity index (χ1v) is 3.68. The fourth-order valence-corrected chi connectivity index (χ4v) is 0.682. The summed E-state index contributed by atoms with van der Waals surface area (Å²) in [4.78, 5) is 0. The molecule has 11 heavy (non-hydrogen) atoms. The van der Waals surface area contributed by atoms with Gasteiger partial charge >= 0.3 is 0 Å². The molecule has 0 aromatic heterocycles. The molecular formula is C8H7Cl2N. The molecule has 0 aliphatic carbocycles. The second kappa shape index (κ2) is 6.03. The van der Waals surface area contributed by atoms with Crippen molar-refractivity contribution in [3.63, 3.8) is 0 Å². The Morgan fingerprint density at radius 3 is 1.45 bits per heavy atom. The lowest BCUT2D eigenvalue weighted by Gasteiger charge is -1.86. The van der Waals surface area contributed by atoms with Crippen molar-refractivity contribution in [2.75, 3.05) is 0 Å². The van der Waals surface area contributed by atoms with Crippen LogP contribution in [0.25, 0.3) is 0 Å². The smallest absolute Gasteiger partial charge is 0.0587 e. The summed E-state index contributed by atoms with van der Waals surface area (Å²) in [5, 5.41) is 8.75. The van der Waals surface area contributed by atoms with E-state index < -0.39 is 0 Å². The van der Waals surface area contributed by atoms with Gasteiger partial charge in [0, 0.05) is 17.0 Å². The average Bonchev–Trinajstić information content (AvgIpc) is 1.97. The number of halogens is 2. The Morgan fingerprint density at radius 2 is 1.27 bits per heavy atom. The molecule has 0 unspecified atom stereocenters. The Bertz CT molecular complexity index is 214. The normalized spacial score (nSPS) is 7.45. The highest BCUT2D eigenvalue weighted by Crippen LogP contribution is 2.12. The summed E-state index contributed by atoms with van der Waals surface area (Å²) < 4.78 is 0. The standard InChI is InChI=1S/C6H4Cl2.C2H3N/c7-5-1-2-6(8)4-3-5;1-2-3/h1-4H;1H3. The highest BCUT2D eigenvalue weighted by molar-refractivity contribution is 6.32. The number of nitriles is 1. The van der Waals surface area contributed by atoms with Crippen LogP contribution < -0.4 is 0 Å². The fourth-order valence-electron chi connectivity index (χ4n) is 0.430. The average molecular weight is 188 g/mol. The van der Waals surface area contributed by atoms with E-state index >= 15 is 0 Å². The van der Waals surface area contributed by atoms with Crippen molar-refractivity contribution in [1.29, 1.82) is 5.26 Å². The molecule has 1 aromatic rings. The predicted molar refractivity (Wildman–Crippen MR) is 47.7 cm³/mol. The van der Waals surface area contributed by atoms with E-state index in [-0.39, 0.29) is 0 Å². The molecule has 0 aliphatic heterocycles. The summed E-state index contributed by atoms with van der Waals surface area (Å²) in [5.41, 5.74) is 0. The zero-order valence-corrected chi connectivity index (χ0v) is 7.52. The molecule has 1 aromatic carbocycles. The summed E-state index contributed by atoms with van der Waals surface area (Å²) in [6.45, 7) is 1.43. The Morgan fingerprint density at radius 1 is 1.09 bits per heavy atom. The molecule has 0 amide bonds. The highest BCUT2D eigenvalue weighted by atomic mass is 35.5. The minimum absolute atomic E-state index is 0.717. The molecule has 0 fully saturated rings. The molecule has 0 spiro atoms. The van der Waals surface area contributed by atoms with E-state index in [4.69, 9.17) is 28.5 Å². The first-order chi connectivity index (χ1) is 5.20. The summed E-state index contributed by atoms with van der Waals surface area (Å²) >= 11 is 11.1. The maximum Gasteiger partial charge on any atom is 0.0587 e. The lowest BCUT2D eigenvalue weighted by atomic mass is 10.4. The summed E-state index contributed by atoms with van der Waals surface area (Å²) in [6, 6.07) is 8.77. The van der Waals surface area contributed by atoms with Gasteiger partial charge in [0.1, 0.15) is 0 Å². The van der Waals surface area contributed by atoms with E-state index in [1.165, 1.54) is 6.92 Å². The second-order valence-corrected chi connectivity index (χ2v) is 2.53. The molecule has 0 bridgehead atoms. The van der Waals surface area contributed by atoms with Crippen molar-refractivity contribution in [1.82, 2.24) is 0 Å². The lowest BCUT2D eigenvalue weighted by molar-refractivity contribution is 1.49. The minimum Gasteiger partial charge on any atom is -0.199 e. The van der Waals surface area contributed by atoms with Crippen molar-refractivity contribution in [3.8, 4) is 6.07 Å². The van der Waals surface area contributed by atoms with Crippen LogP contribution in [0.4, 0.5) is 0 Å². The van der Waals surface area contributed by atoms with Crippen molar-refractivity contribution in [2.24, 2.45) is 0 Å². The van der Waals surface area contributed by atoms with E-state index in [0.29, 0.717) is 0 Å². The van der Waals surface area contributed by atoms with Gasteiger partial charge in [-0.1, -0.05) is 23.2 Å². The van der Waals surface area contributed by atoms with Crippen LogP contribution in [-0.2, 0) is 0 Å². The highest BCUT2D eigenvalue weighted by Gasteiger charge is 1.83. The third-order valence-corrected chi connectivity index (χ3v) is 1.31. The van der Waals surface area contributed by atoms with Gasteiger partial charge in [-0.25, -0.2) is 0 Å². The van der Waals surface area contributed by atoms with Crippen LogP contribution in [0.3, 0.4) is 0 Å². The van der Waals surface area contributed by atoms with Gasteiger partial charge in [-0.3, -0.25) is 0 Å². The molecule has 0 aliphatic rings. The fraction of sp³-hybridized carbons (Fsp3) is 0.125. The van der Waals surface area contributed by atoms with Gasteiger partial charge < -0.3 is 0 Å². The van der Waals surface area contributed by atoms with Gasteiger partial charge in [0.2, 0.25) is 0 Å². The molecule has 0 saturated heterocycles. The van der Waals surface area contributed by atoms with E-state index in [1.54, 1.807) is 30.3 Å². The molecule has 0 atom stereocenters. The topological polar surface area (TPSA) is 23.8 Å². The maximum atomic E-state index is 7.32. The van der Waals surface area contributed by atoms with Gasteiger partial charge in [0.15, 0.2) is 0 Å². The molecule has 1 rings (SSSR count). The molecule has 0 N–H and O–H groups in total. The quantitative estimate of drug-likeness (QED) is 0.610. The predicted octanol–water partition coefficient (Wildman–Crippen LogP) is 3.52. The first kappa shape index (κ1) is 10.3. The SMILES string of the molecule is CC#N.Clc1ccc(Cl)cc1. The van der Waals surface area contributed by atoms with Crippen molar-refractivity contribution in [2.45, 2.75) is 6.92 Å². The van der Waals surface area contributed by atoms with Gasteiger partial charge in [0.05, 0.1) is 6.07 Å². The van der Waals surface area contributed by atoms with E-state index in [9.17, 15) is 0 Å². The van der Waals surface area contributed by atoms with Gasteiger partial charge in [-0.15, -0.1) is 0 Å². The van der Waals surface area contributed by atoms with Crippen LogP contribution in [0.2, 0.25) is 10.0 Å². The van der Waals surface area contributed by atoms with E-state index in [0.717, 1.165) is 10.0 Å². The van der Waals surface area contributed by atoms with E-state index in [2.05, 4.69) is 0 Å². The Kier molecular flexibility index (Phi) is 5.64. The molecule has 1 nitrogen and oxygen atoms in total. The number of benzene rings is 1. The van der Waals surface area contributed by atoms with Crippen LogP contribution in [0.1, 0.15) is 6.92 Å². The summed E-state index contributed by atoms with van der Waals surface area (Å²) in [5.74, 6) is 0. The van der Waals surface area contributed by atoms with Crippen LogP contribution in [0.15, 0.2) is 24.3 Å². The summed E-state index contributed by atoms with van der Waals surface area (Å²) in [7, 11) is 0. The maximum absolute atomic E-state index is 7.32. The van der Waals surface area contributed by atoms with Gasteiger partial charge in [0.25, 0.3) is 0 Å². The van der Waals surface area contributed by atoms with Gasteiger partial charge in [-0.05, 0) is 24.3 Å². The third-order valence-electron chi connectivity index (χ3n) is 0.804. The number of nitrogens with zero attached hydrogens (tertiary/aromatic N) is 1. The molecule has 0 saturated carbocycles. The van der Waals surface area contributed by atoms with E-state index in [1.807, 2.05) is 0 Å². The van der Waals surface area contributed by atoms with Crippen LogP contribution >= 0.6 is 23.2 Å². The number of rotatable bonds is 0. The zero-order chi connectivity index (χ0) is 8.69. The molecule has 0 heterocycles. The Hall–Kier alpha value is -0.710. The Balaban J connectivity index is 0.000000292. The second-order valence-electron chi connectivity index (χ2n) is 1.66. The molecule has 58 valence electrons. The van der Waals surface area contributed by atoms with Crippen molar-refractivity contribution >= 4 is 23.2 Å². The first-order valence-electron chi connectivity index (χ1n) is 2.92. The van der Waals surface area contributed by atoms with Crippen LogP contribution in [0.5, 0.6) is 0 Å². The molecule has 3 heteroatoms. The summed E-state index contributed by atoms with van der Waals surface area (Å²) in [6.07, 6.45) is 0. The zero-order valence-electron chi connectivity index (χ0n) is 6.01.